The summed E-state index contributed by atoms with van der Waals surface area (Å²) < 4.78 is 47.6. The molecular formula is C7H6BF4KN2O. The molecule has 0 aliphatic carbocycles. The topological polar surface area (TPSA) is 42.0 Å². The Balaban J connectivity index is 0.00000225. The SMILES string of the molecule is O=C(NC[B-](F)(F)F)c1ccc(F)nc1.[K+]. The van der Waals surface area contributed by atoms with E-state index in [0.717, 1.165) is 18.3 Å². The number of rotatable bonds is 3. The van der Waals surface area contributed by atoms with Crippen LogP contribution in [0, 0.1) is 5.95 Å². The van der Waals surface area contributed by atoms with Crippen LogP contribution in [-0.4, -0.2) is 24.3 Å². The zero-order valence-corrected chi connectivity index (χ0v) is 11.5. The fourth-order valence-corrected chi connectivity index (χ4v) is 0.821. The van der Waals surface area contributed by atoms with E-state index in [0.29, 0.717) is 0 Å². The first-order valence-corrected chi connectivity index (χ1v) is 3.99. The number of carbonyl (C=O) groups is 1. The molecule has 82 valence electrons. The van der Waals surface area contributed by atoms with Gasteiger partial charge in [-0.25, -0.2) is 4.98 Å². The van der Waals surface area contributed by atoms with Crippen molar-refractivity contribution in [2.24, 2.45) is 0 Å². The van der Waals surface area contributed by atoms with Crippen molar-refractivity contribution < 1.29 is 73.5 Å². The van der Waals surface area contributed by atoms with Crippen LogP contribution in [0.1, 0.15) is 10.4 Å². The van der Waals surface area contributed by atoms with Gasteiger partial charge in [0.15, 0.2) is 0 Å². The van der Waals surface area contributed by atoms with E-state index < -0.39 is 25.3 Å². The summed E-state index contributed by atoms with van der Waals surface area (Å²) in [5, 5.41) is 1.66. The van der Waals surface area contributed by atoms with Crippen LogP contribution in [0.15, 0.2) is 18.3 Å². The van der Waals surface area contributed by atoms with Crippen LogP contribution in [0.5, 0.6) is 0 Å². The van der Waals surface area contributed by atoms with E-state index in [1.807, 2.05) is 0 Å². The second-order valence-corrected chi connectivity index (χ2v) is 2.79. The van der Waals surface area contributed by atoms with Gasteiger partial charge < -0.3 is 18.3 Å². The molecule has 1 aromatic rings. The summed E-state index contributed by atoms with van der Waals surface area (Å²) in [5.74, 6) is -1.73. The van der Waals surface area contributed by atoms with Gasteiger partial charge in [-0.1, -0.05) is 0 Å². The van der Waals surface area contributed by atoms with Crippen molar-refractivity contribution in [2.45, 2.75) is 0 Å². The minimum absolute atomic E-state index is 0. The third-order valence-corrected chi connectivity index (χ3v) is 1.48. The summed E-state index contributed by atoms with van der Waals surface area (Å²) in [6.07, 6.45) is -0.496. The van der Waals surface area contributed by atoms with E-state index in [1.54, 1.807) is 5.32 Å². The number of nitrogens with zero attached hydrogens (tertiary/aromatic N) is 1. The Kier molecular flexibility index (Phi) is 6.72. The molecule has 0 aliphatic rings. The molecule has 1 amide bonds. The van der Waals surface area contributed by atoms with E-state index in [1.165, 1.54) is 0 Å². The summed E-state index contributed by atoms with van der Waals surface area (Å²) in [7, 11) is 0. The van der Waals surface area contributed by atoms with Crippen molar-refractivity contribution in [2.75, 3.05) is 6.44 Å². The molecule has 0 spiro atoms. The van der Waals surface area contributed by atoms with Gasteiger partial charge in [0.25, 0.3) is 0 Å². The number of pyridine rings is 1. The minimum atomic E-state index is -5.06. The van der Waals surface area contributed by atoms with Crippen LogP contribution in [-0.2, 0) is 0 Å². The van der Waals surface area contributed by atoms with Crippen molar-refractivity contribution in [1.29, 1.82) is 0 Å². The number of nitrogens with one attached hydrogen (secondary N) is 1. The first kappa shape index (κ1) is 16.0. The summed E-state index contributed by atoms with van der Waals surface area (Å²) >= 11 is 0. The van der Waals surface area contributed by atoms with Gasteiger partial charge in [-0.2, -0.15) is 4.39 Å². The number of carbonyl (C=O) groups excluding carboxylic acids is 1. The van der Waals surface area contributed by atoms with Gasteiger partial charge in [-0.05, 0) is 18.6 Å². The molecule has 0 aliphatic heterocycles. The molecule has 0 atom stereocenters. The molecule has 0 aromatic carbocycles. The van der Waals surface area contributed by atoms with Crippen LogP contribution in [0.3, 0.4) is 0 Å². The fraction of sp³-hybridized carbons (Fsp3) is 0.143. The normalized spacial score (nSPS) is 10.5. The van der Waals surface area contributed by atoms with Crippen molar-refractivity contribution in [3.05, 3.63) is 29.8 Å². The van der Waals surface area contributed by atoms with Gasteiger partial charge >= 0.3 is 58.4 Å². The molecule has 0 saturated carbocycles. The smallest absolute Gasteiger partial charge is 0.448 e. The monoisotopic (exact) mass is 260 g/mol. The Labute approximate surface area is 131 Å². The Morgan fingerprint density at radius 3 is 2.44 bits per heavy atom. The number of halogens is 4. The summed E-state index contributed by atoms with van der Waals surface area (Å²) in [4.78, 5) is 14.2. The second kappa shape index (κ2) is 6.70. The maximum absolute atomic E-state index is 12.3. The molecule has 0 radical (unpaired) electrons. The molecule has 0 saturated heterocycles. The molecule has 0 unspecified atom stereocenters. The fourth-order valence-electron chi connectivity index (χ4n) is 0.821. The first-order chi connectivity index (χ1) is 6.88. The van der Waals surface area contributed by atoms with Gasteiger partial charge in [0, 0.05) is 6.20 Å². The van der Waals surface area contributed by atoms with Gasteiger partial charge in [-0.3, -0.25) is 4.79 Å². The van der Waals surface area contributed by atoms with E-state index in [-0.39, 0.29) is 56.9 Å². The molecule has 0 bridgehead atoms. The average molecular weight is 260 g/mol. The van der Waals surface area contributed by atoms with Crippen LogP contribution in [0.2, 0.25) is 0 Å². The molecule has 9 heteroatoms. The van der Waals surface area contributed by atoms with Crippen LogP contribution < -0.4 is 56.7 Å². The van der Waals surface area contributed by atoms with Gasteiger partial charge in [0.1, 0.15) is 0 Å². The number of amides is 1. The molecule has 0 fully saturated rings. The molecule has 3 nitrogen and oxygen atoms in total. The Morgan fingerprint density at radius 2 is 2.00 bits per heavy atom. The first-order valence-electron chi connectivity index (χ1n) is 3.99. The zero-order chi connectivity index (χ0) is 11.5. The maximum Gasteiger partial charge on any atom is 1.00 e. The molecule has 16 heavy (non-hydrogen) atoms. The quantitative estimate of drug-likeness (QED) is 0.401. The average Bonchev–Trinajstić information content (AvgIpc) is 2.14. The van der Waals surface area contributed by atoms with Crippen molar-refractivity contribution >= 4 is 12.9 Å². The standard InChI is InChI=1S/C7H6BF4N2O.K/c9-6-2-1-5(3-13-6)7(15)14-4-8(10,11)12;/h1-3H,4H2,(H,14,15);/q-1;+1. The maximum atomic E-state index is 12.3. The van der Waals surface area contributed by atoms with Crippen molar-refractivity contribution in [3.8, 4) is 0 Å². The number of hydrogen-bond acceptors (Lipinski definition) is 2. The Hall–Kier alpha value is 0.0413. The summed E-state index contributed by atoms with van der Waals surface area (Å²) in [6.45, 7) is -5.06. The van der Waals surface area contributed by atoms with Gasteiger partial charge in [0.2, 0.25) is 11.9 Å². The number of hydrogen-bond donors (Lipinski definition) is 1. The van der Waals surface area contributed by atoms with Crippen LogP contribution in [0.25, 0.3) is 0 Å². The Bertz CT molecular complexity index is 356. The Morgan fingerprint density at radius 1 is 1.38 bits per heavy atom. The van der Waals surface area contributed by atoms with Crippen molar-refractivity contribution in [1.82, 2.24) is 10.3 Å². The predicted octanol–water partition coefficient (Wildman–Crippen LogP) is -1.66. The minimum Gasteiger partial charge on any atom is -0.448 e. The largest absolute Gasteiger partial charge is 1.00 e. The number of aromatic nitrogens is 1. The summed E-state index contributed by atoms with van der Waals surface area (Å²) in [5.41, 5.74) is -0.114. The van der Waals surface area contributed by atoms with E-state index in [2.05, 4.69) is 4.98 Å². The molecule has 1 rings (SSSR count). The third kappa shape index (κ3) is 5.95. The van der Waals surface area contributed by atoms with Crippen LogP contribution in [0.4, 0.5) is 17.3 Å². The van der Waals surface area contributed by atoms with E-state index in [4.69, 9.17) is 0 Å². The van der Waals surface area contributed by atoms with E-state index in [9.17, 15) is 22.1 Å². The third-order valence-electron chi connectivity index (χ3n) is 1.48. The molecular weight excluding hydrogens is 254 g/mol. The van der Waals surface area contributed by atoms with Gasteiger partial charge in [-0.15, -0.1) is 0 Å². The zero-order valence-electron chi connectivity index (χ0n) is 8.38. The van der Waals surface area contributed by atoms with Gasteiger partial charge in [0.05, 0.1) is 5.56 Å². The van der Waals surface area contributed by atoms with Crippen molar-refractivity contribution in [3.63, 3.8) is 0 Å². The second-order valence-electron chi connectivity index (χ2n) is 2.79. The predicted molar refractivity (Wildman–Crippen MR) is 45.6 cm³/mol. The molecule has 1 aromatic heterocycles. The summed E-state index contributed by atoms with van der Waals surface area (Å²) in [6, 6.07) is 1.95. The van der Waals surface area contributed by atoms with Crippen LogP contribution >= 0.6 is 0 Å². The molecule has 1 N–H and O–H groups in total. The van der Waals surface area contributed by atoms with E-state index >= 15 is 0 Å². The molecule has 1 heterocycles.